The third kappa shape index (κ3) is 5.59. The third-order valence-electron chi connectivity index (χ3n) is 4.58. The highest BCUT2D eigenvalue weighted by Crippen LogP contribution is 2.37. The predicted octanol–water partition coefficient (Wildman–Crippen LogP) is 1.36. The number of hydrogen-bond donors (Lipinski definition) is 0. The number of nitrogens with zero attached hydrogens (tertiary/aromatic N) is 1. The zero-order chi connectivity index (χ0) is 22.6. The van der Waals surface area contributed by atoms with E-state index in [-0.39, 0.29) is 6.61 Å². The van der Waals surface area contributed by atoms with Gasteiger partial charge in [0.1, 0.15) is 18.8 Å². The SMILES string of the molecule is CC(=O)OC[C@H]1O[C@@H](OC(C)=O)[C@H](n2c(C)ccc2C)[C@@H](OC(C)=O)[C@@H]1OC(C)=O. The number of aromatic nitrogens is 1. The summed E-state index contributed by atoms with van der Waals surface area (Å²) in [7, 11) is 0. The number of carbonyl (C=O) groups is 4. The number of ether oxygens (including phenoxy) is 5. The lowest BCUT2D eigenvalue weighted by molar-refractivity contribution is -0.279. The van der Waals surface area contributed by atoms with Crippen molar-refractivity contribution < 1.29 is 42.9 Å². The van der Waals surface area contributed by atoms with Gasteiger partial charge in [0.25, 0.3) is 0 Å². The van der Waals surface area contributed by atoms with E-state index in [9.17, 15) is 19.2 Å². The van der Waals surface area contributed by atoms with E-state index < -0.39 is 54.5 Å². The third-order valence-corrected chi connectivity index (χ3v) is 4.58. The van der Waals surface area contributed by atoms with Crippen molar-refractivity contribution in [3.8, 4) is 0 Å². The molecular weight excluding hydrogens is 398 g/mol. The molecule has 10 nitrogen and oxygen atoms in total. The molecule has 30 heavy (non-hydrogen) atoms. The lowest BCUT2D eigenvalue weighted by atomic mass is 9.95. The summed E-state index contributed by atoms with van der Waals surface area (Å²) in [6.07, 6.45) is -4.40. The zero-order valence-corrected chi connectivity index (χ0v) is 17.9. The van der Waals surface area contributed by atoms with Crippen molar-refractivity contribution in [1.29, 1.82) is 0 Å². The molecule has 0 bridgehead atoms. The Morgan fingerprint density at radius 2 is 1.33 bits per heavy atom. The highest BCUT2D eigenvalue weighted by atomic mass is 16.7. The molecule has 0 aliphatic carbocycles. The molecule has 0 radical (unpaired) electrons. The zero-order valence-electron chi connectivity index (χ0n) is 17.9. The van der Waals surface area contributed by atoms with Crippen molar-refractivity contribution in [3.63, 3.8) is 0 Å². The van der Waals surface area contributed by atoms with Crippen molar-refractivity contribution in [1.82, 2.24) is 4.57 Å². The minimum absolute atomic E-state index is 0.292. The maximum atomic E-state index is 11.9. The Bertz CT molecular complexity index is 796. The van der Waals surface area contributed by atoms with Crippen LogP contribution in [-0.4, -0.2) is 59.7 Å². The lowest BCUT2D eigenvalue weighted by Crippen LogP contribution is -2.60. The summed E-state index contributed by atoms with van der Waals surface area (Å²) >= 11 is 0. The molecule has 0 aromatic carbocycles. The summed E-state index contributed by atoms with van der Waals surface area (Å²) < 4.78 is 29.1. The fraction of sp³-hybridized carbons (Fsp3) is 0.600. The number of rotatable bonds is 6. The van der Waals surface area contributed by atoms with Crippen LogP contribution in [0.3, 0.4) is 0 Å². The van der Waals surface area contributed by atoms with E-state index >= 15 is 0 Å². The number of aryl methyl sites for hydroxylation is 2. The van der Waals surface area contributed by atoms with Gasteiger partial charge in [-0.15, -0.1) is 0 Å². The van der Waals surface area contributed by atoms with Gasteiger partial charge in [0.15, 0.2) is 12.2 Å². The molecule has 1 fully saturated rings. The first-order chi connectivity index (χ1) is 14.0. The lowest BCUT2D eigenvalue weighted by Gasteiger charge is -2.45. The summed E-state index contributed by atoms with van der Waals surface area (Å²) in [4.78, 5) is 46.8. The van der Waals surface area contributed by atoms with Crippen molar-refractivity contribution in [2.75, 3.05) is 6.61 Å². The van der Waals surface area contributed by atoms with E-state index in [0.717, 1.165) is 11.4 Å². The fourth-order valence-electron chi connectivity index (χ4n) is 3.57. The van der Waals surface area contributed by atoms with Crippen molar-refractivity contribution in [2.45, 2.75) is 72.2 Å². The molecule has 1 aliphatic heterocycles. The first-order valence-corrected chi connectivity index (χ1v) is 9.46. The van der Waals surface area contributed by atoms with E-state index in [4.69, 9.17) is 23.7 Å². The molecule has 0 unspecified atom stereocenters. The molecule has 1 aromatic rings. The molecule has 5 atom stereocenters. The maximum Gasteiger partial charge on any atom is 0.305 e. The van der Waals surface area contributed by atoms with Gasteiger partial charge in [-0.3, -0.25) is 19.2 Å². The van der Waals surface area contributed by atoms with Crippen LogP contribution in [0.1, 0.15) is 45.1 Å². The molecule has 166 valence electrons. The number of hydrogen-bond acceptors (Lipinski definition) is 9. The molecular formula is C20H27NO9. The first-order valence-electron chi connectivity index (χ1n) is 9.46. The van der Waals surface area contributed by atoms with Crippen LogP contribution < -0.4 is 0 Å². The van der Waals surface area contributed by atoms with Crippen molar-refractivity contribution in [3.05, 3.63) is 23.5 Å². The summed E-state index contributed by atoms with van der Waals surface area (Å²) in [6, 6.07) is 2.85. The Kier molecular flexibility index (Phi) is 7.60. The standard InChI is InChI=1S/C20H27NO9/c1-10-7-8-11(2)21(10)17-19(28-14(5)24)18(27-13(4)23)16(9-26-12(3)22)30-20(17)29-15(6)25/h7-8,16-20H,9H2,1-6H3/t16-,17-,18-,19-,20-/m1/s1. The van der Waals surface area contributed by atoms with Gasteiger partial charge in [-0.2, -0.15) is 0 Å². The van der Waals surface area contributed by atoms with Gasteiger partial charge in [0.05, 0.1) is 0 Å². The molecule has 0 saturated carbocycles. The van der Waals surface area contributed by atoms with Gasteiger partial charge in [0.2, 0.25) is 6.29 Å². The summed E-state index contributed by atoms with van der Waals surface area (Å²) in [5, 5.41) is 0. The van der Waals surface area contributed by atoms with Crippen LogP contribution in [0.2, 0.25) is 0 Å². The number of esters is 4. The molecule has 10 heteroatoms. The van der Waals surface area contributed by atoms with Gasteiger partial charge in [-0.05, 0) is 26.0 Å². The van der Waals surface area contributed by atoms with Crippen molar-refractivity contribution in [2.24, 2.45) is 0 Å². The minimum Gasteiger partial charge on any atom is -0.463 e. The second kappa shape index (κ2) is 9.75. The summed E-state index contributed by atoms with van der Waals surface area (Å²) in [6.45, 7) is 8.21. The molecule has 0 amide bonds. The second-order valence-electron chi connectivity index (χ2n) is 7.08. The highest BCUT2D eigenvalue weighted by Gasteiger charge is 2.53. The second-order valence-corrected chi connectivity index (χ2v) is 7.08. The Morgan fingerprint density at radius 3 is 1.80 bits per heavy atom. The van der Waals surface area contributed by atoms with Gasteiger partial charge >= 0.3 is 23.9 Å². The van der Waals surface area contributed by atoms with Crippen molar-refractivity contribution >= 4 is 23.9 Å². The summed E-state index contributed by atoms with van der Waals surface area (Å²) in [5.74, 6) is -2.46. The van der Waals surface area contributed by atoms with Gasteiger partial charge in [-0.25, -0.2) is 0 Å². The van der Waals surface area contributed by atoms with Crippen LogP contribution in [-0.2, 0) is 42.9 Å². The Morgan fingerprint density at radius 1 is 0.833 bits per heavy atom. The van der Waals surface area contributed by atoms with Crippen LogP contribution in [0.25, 0.3) is 0 Å². The van der Waals surface area contributed by atoms with Crippen LogP contribution >= 0.6 is 0 Å². The van der Waals surface area contributed by atoms with Gasteiger partial charge in [-0.1, -0.05) is 0 Å². The Labute approximate surface area is 174 Å². The van der Waals surface area contributed by atoms with Crippen LogP contribution in [0, 0.1) is 13.8 Å². The van der Waals surface area contributed by atoms with Gasteiger partial charge < -0.3 is 28.3 Å². The van der Waals surface area contributed by atoms with Crippen LogP contribution in [0.15, 0.2) is 12.1 Å². The van der Waals surface area contributed by atoms with Crippen LogP contribution in [0.5, 0.6) is 0 Å². The van der Waals surface area contributed by atoms with E-state index in [1.165, 1.54) is 27.7 Å². The Balaban J connectivity index is 2.58. The average Bonchev–Trinajstić information content (AvgIpc) is 2.93. The molecule has 0 spiro atoms. The normalized spacial score (nSPS) is 25.9. The Hall–Kier alpha value is -2.88. The monoisotopic (exact) mass is 425 g/mol. The average molecular weight is 425 g/mol. The van der Waals surface area contributed by atoms with E-state index in [2.05, 4.69) is 0 Å². The van der Waals surface area contributed by atoms with Gasteiger partial charge in [0, 0.05) is 39.1 Å². The highest BCUT2D eigenvalue weighted by molar-refractivity contribution is 5.68. The predicted molar refractivity (Wildman–Crippen MR) is 101 cm³/mol. The van der Waals surface area contributed by atoms with E-state index in [0.29, 0.717) is 0 Å². The molecule has 2 heterocycles. The quantitative estimate of drug-likeness (QED) is 0.491. The largest absolute Gasteiger partial charge is 0.463 e. The minimum atomic E-state index is -1.19. The smallest absolute Gasteiger partial charge is 0.305 e. The first kappa shape index (κ1) is 23.4. The van der Waals surface area contributed by atoms with E-state index in [1.807, 2.05) is 26.0 Å². The molecule has 1 saturated heterocycles. The molecule has 2 rings (SSSR count). The fourth-order valence-corrected chi connectivity index (χ4v) is 3.57. The molecule has 1 aliphatic rings. The van der Waals surface area contributed by atoms with Crippen LogP contribution in [0.4, 0.5) is 0 Å². The molecule has 0 N–H and O–H groups in total. The molecule has 1 aromatic heterocycles. The summed E-state index contributed by atoms with van der Waals surface area (Å²) in [5.41, 5.74) is 1.57. The number of carbonyl (C=O) groups excluding carboxylic acids is 4. The van der Waals surface area contributed by atoms with E-state index in [1.54, 1.807) is 4.57 Å². The topological polar surface area (TPSA) is 119 Å². The maximum absolute atomic E-state index is 11.9.